The summed E-state index contributed by atoms with van der Waals surface area (Å²) in [6.07, 6.45) is 3.28. The van der Waals surface area contributed by atoms with Crippen molar-refractivity contribution in [3.63, 3.8) is 0 Å². The summed E-state index contributed by atoms with van der Waals surface area (Å²) >= 11 is 0. The quantitative estimate of drug-likeness (QED) is 0.501. The fourth-order valence-corrected chi connectivity index (χ4v) is 4.20. The average Bonchev–Trinajstić information content (AvgIpc) is 3.33. The van der Waals surface area contributed by atoms with Gasteiger partial charge in [0.15, 0.2) is 5.82 Å². The average molecular weight is 435 g/mol. The van der Waals surface area contributed by atoms with Crippen molar-refractivity contribution >= 4 is 11.6 Å². The monoisotopic (exact) mass is 435 g/mol. The molecule has 4 aromatic rings. The summed E-state index contributed by atoms with van der Waals surface area (Å²) in [5.74, 6) is 1.67. The Labute approximate surface area is 184 Å². The Kier molecular flexibility index (Phi) is 5.16. The van der Waals surface area contributed by atoms with Crippen LogP contribution in [0.1, 0.15) is 42.9 Å². The van der Waals surface area contributed by atoms with Gasteiger partial charge in [-0.25, -0.2) is 23.1 Å². The van der Waals surface area contributed by atoms with Crippen LogP contribution >= 0.6 is 0 Å². The summed E-state index contributed by atoms with van der Waals surface area (Å²) in [7, 11) is 0. The number of halogens is 2. The molecule has 0 spiro atoms. The lowest BCUT2D eigenvalue weighted by molar-refractivity contribution is 0.460. The van der Waals surface area contributed by atoms with Gasteiger partial charge in [0.2, 0.25) is 5.95 Å². The molecular formula is C23H23F2N7. The maximum Gasteiger partial charge on any atom is 0.246 e. The van der Waals surface area contributed by atoms with E-state index in [1.165, 1.54) is 29.2 Å². The minimum Gasteiger partial charge on any atom is -0.323 e. The minimum atomic E-state index is -0.428. The van der Waals surface area contributed by atoms with Crippen LogP contribution in [0, 0.1) is 24.5 Å². The smallest absolute Gasteiger partial charge is 0.246 e. The van der Waals surface area contributed by atoms with E-state index < -0.39 is 5.82 Å². The van der Waals surface area contributed by atoms with Gasteiger partial charge in [0, 0.05) is 18.2 Å². The number of hydrogen-bond acceptors (Lipinski definition) is 5. The van der Waals surface area contributed by atoms with Gasteiger partial charge in [0.1, 0.15) is 29.5 Å². The van der Waals surface area contributed by atoms with E-state index in [0.29, 0.717) is 29.1 Å². The van der Waals surface area contributed by atoms with Gasteiger partial charge >= 0.3 is 0 Å². The molecule has 0 bridgehead atoms. The van der Waals surface area contributed by atoms with Gasteiger partial charge in [0.25, 0.3) is 0 Å². The highest BCUT2D eigenvalue weighted by Gasteiger charge is 2.27. The summed E-state index contributed by atoms with van der Waals surface area (Å²) in [5.41, 5.74) is 1.87. The van der Waals surface area contributed by atoms with E-state index in [2.05, 4.69) is 27.4 Å². The van der Waals surface area contributed by atoms with Gasteiger partial charge in [-0.3, -0.25) is 0 Å². The van der Waals surface area contributed by atoms with Crippen molar-refractivity contribution < 1.29 is 8.78 Å². The van der Waals surface area contributed by atoms with Crippen molar-refractivity contribution in [2.24, 2.45) is 5.92 Å². The highest BCUT2D eigenvalue weighted by Crippen LogP contribution is 2.35. The number of hydrogen-bond donors (Lipinski definition) is 1. The molecular weight excluding hydrogens is 412 g/mol. The lowest BCUT2D eigenvalue weighted by Gasteiger charge is -2.16. The Morgan fingerprint density at radius 1 is 1.09 bits per heavy atom. The molecule has 164 valence electrons. The third-order valence-electron chi connectivity index (χ3n) is 5.91. The lowest BCUT2D eigenvalue weighted by atomic mass is 9.89. The zero-order chi connectivity index (χ0) is 22.2. The van der Waals surface area contributed by atoms with Gasteiger partial charge in [-0.15, -0.1) is 5.10 Å². The van der Waals surface area contributed by atoms with Crippen LogP contribution < -0.4 is 5.32 Å². The van der Waals surface area contributed by atoms with Gasteiger partial charge < -0.3 is 5.32 Å². The molecule has 1 unspecified atom stereocenters. The zero-order valence-corrected chi connectivity index (χ0v) is 17.8. The van der Waals surface area contributed by atoms with E-state index in [0.717, 1.165) is 30.8 Å². The fourth-order valence-electron chi connectivity index (χ4n) is 4.20. The highest BCUT2D eigenvalue weighted by molar-refractivity contribution is 5.56. The molecule has 0 aliphatic carbocycles. The second-order valence-corrected chi connectivity index (χ2v) is 8.26. The molecule has 1 aliphatic rings. The number of anilines is 2. The van der Waals surface area contributed by atoms with Crippen molar-refractivity contribution in [2.75, 3.05) is 5.32 Å². The molecule has 0 saturated heterocycles. The number of rotatable bonds is 4. The first-order valence-corrected chi connectivity index (χ1v) is 10.6. The van der Waals surface area contributed by atoms with Gasteiger partial charge in [-0.05, 0) is 61.6 Å². The minimum absolute atomic E-state index is 0.0190. The molecule has 2 atom stereocenters. The molecule has 2 aromatic carbocycles. The van der Waals surface area contributed by atoms with Crippen molar-refractivity contribution in [3.8, 4) is 5.69 Å². The fraction of sp³-hybridized carbons (Fsp3) is 0.304. The molecule has 5 rings (SSSR count). The van der Waals surface area contributed by atoms with E-state index in [4.69, 9.17) is 4.98 Å². The Morgan fingerprint density at radius 3 is 2.62 bits per heavy atom. The summed E-state index contributed by atoms with van der Waals surface area (Å²) < 4.78 is 31.5. The van der Waals surface area contributed by atoms with E-state index in [9.17, 15) is 8.78 Å². The van der Waals surface area contributed by atoms with Crippen LogP contribution in [-0.2, 0) is 6.54 Å². The second-order valence-electron chi connectivity index (χ2n) is 8.26. The lowest BCUT2D eigenvalue weighted by Crippen LogP contribution is -2.09. The zero-order valence-electron chi connectivity index (χ0n) is 17.8. The normalized spacial score (nSPS) is 18.2. The van der Waals surface area contributed by atoms with Crippen LogP contribution in [0.25, 0.3) is 5.69 Å². The number of fused-ring (bicyclic) bond motifs is 1. The summed E-state index contributed by atoms with van der Waals surface area (Å²) in [6.45, 7) is 4.73. The molecule has 0 fully saturated rings. The first-order chi connectivity index (χ1) is 15.5. The third-order valence-corrected chi connectivity index (χ3v) is 5.91. The summed E-state index contributed by atoms with van der Waals surface area (Å²) in [4.78, 5) is 8.77. The van der Waals surface area contributed by atoms with Gasteiger partial charge in [-0.1, -0.05) is 19.1 Å². The number of nitrogens with one attached hydrogen (secondary N) is 1. The molecule has 2 aromatic heterocycles. The standard InChI is InChI=1S/C23H23F2N7/c1-14-9-10-31-22(19(11-14)16-3-5-17(24)6-4-16)29-23(30-31)28-18-7-8-21(20(25)12-18)32-15(2)26-13-27-32/h3-8,12-14,19H,9-11H2,1-2H3,(H,28,30)/t14-,19?/m1/s1. The molecule has 0 amide bonds. The first kappa shape index (κ1) is 20.3. The van der Waals surface area contributed by atoms with Crippen molar-refractivity contribution in [3.05, 3.63) is 77.6 Å². The molecule has 1 N–H and O–H groups in total. The Balaban J connectivity index is 1.43. The van der Waals surface area contributed by atoms with Gasteiger partial charge in [-0.2, -0.15) is 10.1 Å². The highest BCUT2D eigenvalue weighted by atomic mass is 19.1. The Morgan fingerprint density at radius 2 is 1.91 bits per heavy atom. The van der Waals surface area contributed by atoms with E-state index >= 15 is 0 Å². The maximum absolute atomic E-state index is 14.7. The molecule has 32 heavy (non-hydrogen) atoms. The van der Waals surface area contributed by atoms with Crippen molar-refractivity contribution in [2.45, 2.75) is 39.2 Å². The molecule has 9 heteroatoms. The van der Waals surface area contributed by atoms with Gasteiger partial charge in [0.05, 0.1) is 0 Å². The van der Waals surface area contributed by atoms with Crippen LogP contribution in [0.15, 0.2) is 48.8 Å². The largest absolute Gasteiger partial charge is 0.323 e. The SMILES string of the molecule is Cc1ncnn1-c1ccc(Nc2nc3n(n2)CC[C@@H](C)CC3c2ccc(F)cc2)cc1F. The Bertz CT molecular complexity index is 1250. The number of aromatic nitrogens is 6. The predicted octanol–water partition coefficient (Wildman–Crippen LogP) is 4.75. The van der Waals surface area contributed by atoms with Crippen molar-refractivity contribution in [1.82, 2.24) is 29.5 Å². The van der Waals surface area contributed by atoms with Crippen LogP contribution in [-0.4, -0.2) is 29.5 Å². The van der Waals surface area contributed by atoms with E-state index in [-0.39, 0.29) is 11.7 Å². The third kappa shape index (κ3) is 3.86. The van der Waals surface area contributed by atoms with Crippen LogP contribution in [0.3, 0.4) is 0 Å². The van der Waals surface area contributed by atoms with Crippen LogP contribution in [0.4, 0.5) is 20.4 Å². The second kappa shape index (κ2) is 8.14. The molecule has 1 aliphatic heterocycles. The molecule has 0 radical (unpaired) electrons. The van der Waals surface area contributed by atoms with Crippen LogP contribution in [0.5, 0.6) is 0 Å². The summed E-state index contributed by atoms with van der Waals surface area (Å²) in [6, 6.07) is 11.4. The molecule has 0 saturated carbocycles. The molecule has 3 heterocycles. The topological polar surface area (TPSA) is 73.5 Å². The van der Waals surface area contributed by atoms with Crippen LogP contribution in [0.2, 0.25) is 0 Å². The number of aryl methyl sites for hydroxylation is 2. The number of nitrogens with zero attached hydrogens (tertiary/aromatic N) is 6. The molecule has 7 nitrogen and oxygen atoms in total. The predicted molar refractivity (Wildman–Crippen MR) is 116 cm³/mol. The number of benzene rings is 2. The maximum atomic E-state index is 14.7. The van der Waals surface area contributed by atoms with E-state index in [1.807, 2.05) is 16.8 Å². The Hall–Kier alpha value is -3.62. The summed E-state index contributed by atoms with van der Waals surface area (Å²) in [5, 5.41) is 11.8. The first-order valence-electron chi connectivity index (χ1n) is 10.6. The van der Waals surface area contributed by atoms with Crippen molar-refractivity contribution in [1.29, 1.82) is 0 Å². The van der Waals surface area contributed by atoms with E-state index in [1.54, 1.807) is 19.1 Å².